The Morgan fingerprint density at radius 1 is 0.867 bits per heavy atom. The molecule has 0 radical (unpaired) electrons. The van der Waals surface area contributed by atoms with E-state index in [0.717, 1.165) is 79.1 Å². The molecule has 1 saturated heterocycles. The summed E-state index contributed by atoms with van der Waals surface area (Å²) in [5.41, 5.74) is 10.0. The minimum absolute atomic E-state index is 0.0418. The van der Waals surface area contributed by atoms with Crippen LogP contribution < -0.4 is 20.3 Å². The zero-order valence-corrected chi connectivity index (χ0v) is 50.2. The number of fused-ring (bicyclic) bond motifs is 2. The number of benzene rings is 4. The molecular formula is C64H72N10O7S2. The van der Waals surface area contributed by atoms with Crippen LogP contribution in [0, 0.1) is 19.3 Å². The van der Waals surface area contributed by atoms with Crippen LogP contribution in [-0.2, 0) is 33.7 Å². The van der Waals surface area contributed by atoms with Crippen molar-refractivity contribution in [2.75, 3.05) is 29.9 Å². The Morgan fingerprint density at radius 3 is 2.40 bits per heavy atom. The summed E-state index contributed by atoms with van der Waals surface area (Å²) in [6, 6.07) is 29.4. The number of anilines is 2. The number of nitrogens with zero attached hydrogens (tertiary/aromatic N) is 8. The van der Waals surface area contributed by atoms with Crippen LogP contribution in [0.1, 0.15) is 141 Å². The molecule has 3 N–H and O–H groups in total. The Hall–Kier alpha value is -7.87. The molecule has 4 aromatic heterocycles. The number of hydrogen-bond acceptors (Lipinski definition) is 15. The van der Waals surface area contributed by atoms with Crippen LogP contribution in [-0.4, -0.2) is 101 Å². The molecule has 19 heteroatoms. The van der Waals surface area contributed by atoms with Crippen molar-refractivity contribution in [3.05, 3.63) is 154 Å². The number of aryl methyl sites for hydroxylation is 2. The van der Waals surface area contributed by atoms with Gasteiger partial charge in [0.2, 0.25) is 11.8 Å². The number of rotatable bonds is 18. The number of pyridine rings is 1. The maximum absolute atomic E-state index is 14.6. The maximum Gasteiger partial charge on any atom is 0.358 e. The van der Waals surface area contributed by atoms with E-state index in [1.807, 2.05) is 165 Å². The highest BCUT2D eigenvalue weighted by atomic mass is 32.1. The van der Waals surface area contributed by atoms with Gasteiger partial charge < -0.3 is 29.7 Å². The summed E-state index contributed by atoms with van der Waals surface area (Å²) < 4.78 is 15.0. The highest BCUT2D eigenvalue weighted by Gasteiger charge is 2.45. The van der Waals surface area contributed by atoms with Crippen LogP contribution in [0.4, 0.5) is 10.9 Å². The van der Waals surface area contributed by atoms with Crippen LogP contribution in [0.25, 0.3) is 31.8 Å². The van der Waals surface area contributed by atoms with Crippen molar-refractivity contribution >= 4 is 67.5 Å². The van der Waals surface area contributed by atoms with E-state index in [4.69, 9.17) is 14.5 Å². The Bertz CT molecular complexity index is 3640. The molecule has 0 aliphatic carbocycles. The van der Waals surface area contributed by atoms with E-state index in [2.05, 4.69) is 41.9 Å². The lowest BCUT2D eigenvalue weighted by molar-refractivity contribution is -0.144. The lowest BCUT2D eigenvalue weighted by Gasteiger charge is -2.34. The van der Waals surface area contributed by atoms with Crippen molar-refractivity contribution in [2.45, 2.75) is 137 Å². The van der Waals surface area contributed by atoms with E-state index >= 15 is 0 Å². The van der Waals surface area contributed by atoms with Crippen LogP contribution in [0.5, 0.6) is 5.75 Å². The number of aromatic nitrogens is 6. The molecule has 6 heterocycles. The summed E-state index contributed by atoms with van der Waals surface area (Å²) in [4.78, 5) is 75.1. The summed E-state index contributed by atoms with van der Waals surface area (Å²) in [6.45, 7) is 18.8. The number of nitrogens with one attached hydrogen (secondary N) is 2. The van der Waals surface area contributed by atoms with Crippen LogP contribution in [0.2, 0.25) is 0 Å². The van der Waals surface area contributed by atoms with E-state index in [1.54, 1.807) is 16.0 Å². The lowest BCUT2D eigenvalue weighted by atomic mass is 9.85. The summed E-state index contributed by atoms with van der Waals surface area (Å²) >= 11 is 3.02. The Morgan fingerprint density at radius 2 is 1.65 bits per heavy atom. The monoisotopic (exact) mass is 1160 g/mol. The summed E-state index contributed by atoms with van der Waals surface area (Å²) in [7, 11) is 0. The fourth-order valence-electron chi connectivity index (χ4n) is 11.0. The van der Waals surface area contributed by atoms with Gasteiger partial charge in [0.05, 0.1) is 50.7 Å². The van der Waals surface area contributed by atoms with Crippen LogP contribution in [0.3, 0.4) is 0 Å². The van der Waals surface area contributed by atoms with Gasteiger partial charge in [-0.2, -0.15) is 0 Å². The van der Waals surface area contributed by atoms with Gasteiger partial charge in [0.25, 0.3) is 5.91 Å². The average molecular weight is 1160 g/mol. The largest absolute Gasteiger partial charge is 0.493 e. The first-order chi connectivity index (χ1) is 39.7. The van der Waals surface area contributed by atoms with E-state index < -0.39 is 35.2 Å². The molecule has 3 amide bonds. The predicted molar refractivity (Wildman–Crippen MR) is 325 cm³/mol. The second kappa shape index (κ2) is 24.5. The lowest BCUT2D eigenvalue weighted by Crippen LogP contribution is -2.50. The topological polar surface area (TPSA) is 207 Å². The summed E-state index contributed by atoms with van der Waals surface area (Å²) in [5, 5.41) is 26.4. The highest BCUT2D eigenvalue weighted by Crippen LogP contribution is 2.38. The molecule has 17 nitrogen and oxygen atoms in total. The number of likely N-dealkylation sites (tertiary alicyclic amines) is 1. The van der Waals surface area contributed by atoms with E-state index in [1.165, 1.54) is 16.2 Å². The van der Waals surface area contributed by atoms with Gasteiger partial charge in [-0.05, 0) is 149 Å². The molecule has 83 heavy (non-hydrogen) atoms. The molecule has 0 bridgehead atoms. The molecule has 10 rings (SSSR count). The van der Waals surface area contributed by atoms with E-state index in [9.17, 15) is 24.3 Å². The van der Waals surface area contributed by atoms with Gasteiger partial charge in [-0.25, -0.2) is 24.4 Å². The van der Waals surface area contributed by atoms with Crippen molar-refractivity contribution in [2.24, 2.45) is 5.41 Å². The summed E-state index contributed by atoms with van der Waals surface area (Å²) in [6.07, 6.45) is 4.85. The van der Waals surface area contributed by atoms with Gasteiger partial charge in [0, 0.05) is 43.4 Å². The van der Waals surface area contributed by atoms with Gasteiger partial charge >= 0.3 is 5.97 Å². The van der Waals surface area contributed by atoms with Gasteiger partial charge in [-0.1, -0.05) is 98.0 Å². The predicted octanol–water partition coefficient (Wildman–Crippen LogP) is 11.7. The van der Waals surface area contributed by atoms with Crippen LogP contribution >= 0.6 is 22.7 Å². The van der Waals surface area contributed by atoms with Crippen molar-refractivity contribution in [1.82, 2.24) is 40.2 Å². The molecule has 2 aliphatic heterocycles. The number of carbonyl (C=O) groups is 4. The third-order valence-corrected chi connectivity index (χ3v) is 17.2. The third kappa shape index (κ3) is 13.3. The number of unbranched alkanes of at least 4 members (excludes halogenated alkanes) is 2. The molecule has 4 aromatic carbocycles. The zero-order valence-electron chi connectivity index (χ0n) is 48.6. The molecule has 2 unspecified atom stereocenters. The Kier molecular flexibility index (Phi) is 17.2. The van der Waals surface area contributed by atoms with Crippen molar-refractivity contribution in [1.29, 1.82) is 0 Å². The minimum atomic E-state index is -0.848. The average Bonchev–Trinajstić information content (AvgIpc) is 4.10. The second-order valence-corrected chi connectivity index (χ2v) is 25.6. The number of esters is 1. The Labute approximate surface area is 492 Å². The molecular weight excluding hydrogens is 1080 g/mol. The van der Waals surface area contributed by atoms with Gasteiger partial charge in [-0.15, -0.1) is 16.4 Å². The number of amides is 3. The quantitative estimate of drug-likeness (QED) is 0.0541. The first kappa shape index (κ1) is 58.3. The normalized spacial score (nSPS) is 16.1. The van der Waals surface area contributed by atoms with Crippen molar-refractivity contribution in [3.8, 4) is 27.3 Å². The number of β-amino-alcohol motifs (C(OH)–C–C–N with tert-alkyl or cyclic N) is 1. The maximum atomic E-state index is 14.6. The number of hydrogen-bond donors (Lipinski definition) is 3. The standard InChI is InChI=1S/C64H72N10O7S2/c1-38-46(47-28-29-54(68-55(47)61(79)81-64(7,8)9)72-31-30-42-17-15-20-48(49(42)36-72)58(76)69-62-67-50-21-12-13-23-53(50)83-62)19-16-22-52(38)80-32-14-10-11-18-44-34-74(71-70-44)57(63(4,5)6)60(78)73-35-45(75)33-51(73)59(77)66-39(2)41-24-26-43(27-25-41)56-40(3)65-37-82-56/h12-13,15-17,19-29,34,37,39,45,51,57,75H,10-11,14,18,30-33,35-36H2,1-9H3,(H,66,77)(H,67,69,76)/t39?,45-,51+,57?/m1/s1. The third-order valence-electron chi connectivity index (χ3n) is 15.3. The van der Waals surface area contributed by atoms with E-state index in [-0.39, 0.29) is 42.4 Å². The van der Waals surface area contributed by atoms with Gasteiger partial charge in [0.1, 0.15) is 29.3 Å². The first-order valence-corrected chi connectivity index (χ1v) is 30.1. The molecule has 432 valence electrons. The summed E-state index contributed by atoms with van der Waals surface area (Å²) in [5.74, 6) is -0.0898. The van der Waals surface area contributed by atoms with Crippen molar-refractivity contribution in [3.63, 3.8) is 0 Å². The number of thiazole rings is 2. The number of ether oxygens (including phenoxy) is 2. The number of aliphatic hydroxyl groups excluding tert-OH is 1. The first-order valence-electron chi connectivity index (χ1n) is 28.4. The number of carbonyl (C=O) groups excluding carboxylic acids is 4. The van der Waals surface area contributed by atoms with Crippen LogP contribution in [0.15, 0.2) is 109 Å². The highest BCUT2D eigenvalue weighted by molar-refractivity contribution is 7.22. The number of aliphatic hydroxyl groups is 1. The fraction of sp³-hybridized carbons (Fsp3) is 0.391. The molecule has 0 spiro atoms. The van der Waals surface area contributed by atoms with Gasteiger partial charge in [0.15, 0.2) is 10.8 Å². The molecule has 1 fully saturated rings. The second-order valence-electron chi connectivity index (χ2n) is 23.7. The molecule has 4 atom stereocenters. The Balaban J connectivity index is 0.754. The molecule has 2 aliphatic rings. The van der Waals surface area contributed by atoms with Crippen molar-refractivity contribution < 1.29 is 33.8 Å². The van der Waals surface area contributed by atoms with E-state index in [0.29, 0.717) is 60.4 Å². The smallest absolute Gasteiger partial charge is 0.358 e. The minimum Gasteiger partial charge on any atom is -0.493 e. The fourth-order valence-corrected chi connectivity index (χ4v) is 12.7. The molecule has 0 saturated carbocycles. The zero-order chi connectivity index (χ0) is 58.7. The SMILES string of the molecule is Cc1ncsc1-c1ccc(C(C)NC(=O)[C@@H]2C[C@@H](O)CN2C(=O)C(n2cc(CCCCCOc3cccc(-c4ccc(N5CCc6cccc(C(=O)Nc7nc8ccccc8s7)c6C5)nc4C(=O)OC(C)(C)C)c3C)nn2)C(C)(C)C)cc1. The van der Waals surface area contributed by atoms with Gasteiger partial charge in [-0.3, -0.25) is 19.7 Å². The molecule has 8 aromatic rings. The number of para-hydroxylation sites is 1.